The van der Waals surface area contributed by atoms with E-state index < -0.39 is 6.04 Å². The lowest BCUT2D eigenvalue weighted by molar-refractivity contribution is 0.203. The van der Waals surface area contributed by atoms with Gasteiger partial charge in [-0.2, -0.15) is 4.98 Å². The van der Waals surface area contributed by atoms with Crippen molar-refractivity contribution in [2.75, 3.05) is 6.61 Å². The van der Waals surface area contributed by atoms with E-state index >= 15 is 0 Å². The van der Waals surface area contributed by atoms with Crippen molar-refractivity contribution in [2.45, 2.75) is 26.4 Å². The number of hydrogen-bond acceptors (Lipinski definition) is 5. The van der Waals surface area contributed by atoms with Crippen molar-refractivity contribution in [3.8, 4) is 17.1 Å². The van der Waals surface area contributed by atoms with Gasteiger partial charge in [0, 0.05) is 11.3 Å². The van der Waals surface area contributed by atoms with Crippen LogP contribution in [0.15, 0.2) is 89.1 Å². The molecule has 0 saturated carbocycles. The minimum Gasteiger partial charge on any atom is -0.494 e. The molecule has 1 unspecified atom stereocenters. The Balaban J connectivity index is 1.55. The number of rotatable bonds is 7. The highest BCUT2D eigenvalue weighted by Gasteiger charge is 2.35. The third-order valence-electron chi connectivity index (χ3n) is 6.06. The van der Waals surface area contributed by atoms with E-state index in [0.717, 1.165) is 16.9 Å². The van der Waals surface area contributed by atoms with Gasteiger partial charge in [-0.1, -0.05) is 47.6 Å². The van der Waals surface area contributed by atoms with Crippen molar-refractivity contribution >= 4 is 11.6 Å². The molecule has 0 spiro atoms. The molecule has 2 heterocycles. The molecule has 0 saturated heterocycles. The molecule has 1 aliphatic heterocycles. The quantitative estimate of drug-likeness (QED) is 0.349. The molecule has 2 amide bonds. The predicted octanol–water partition coefficient (Wildman–Crippen LogP) is 5.97. The van der Waals surface area contributed by atoms with Crippen LogP contribution in [0.25, 0.3) is 17.0 Å². The van der Waals surface area contributed by atoms with E-state index in [9.17, 15) is 9.18 Å². The van der Waals surface area contributed by atoms with E-state index in [2.05, 4.69) is 15.5 Å². The van der Waals surface area contributed by atoms with Gasteiger partial charge in [0.25, 0.3) is 5.89 Å². The predicted molar refractivity (Wildman–Crippen MR) is 133 cm³/mol. The SMILES string of the molecule is CCOc1ccc(-c2noc(C3=C(C)N(Cc4ccccc4)C(=O)NC3c3ccc(F)cc3)n2)cc1. The number of carbonyl (C=O) groups excluding carboxylic acids is 1. The summed E-state index contributed by atoms with van der Waals surface area (Å²) in [6, 6.07) is 22.3. The van der Waals surface area contributed by atoms with Crippen LogP contribution in [-0.2, 0) is 6.54 Å². The largest absolute Gasteiger partial charge is 0.494 e. The van der Waals surface area contributed by atoms with E-state index in [1.54, 1.807) is 17.0 Å². The van der Waals surface area contributed by atoms with Crippen molar-refractivity contribution in [1.29, 1.82) is 0 Å². The molecule has 3 aromatic carbocycles. The molecule has 4 aromatic rings. The number of urea groups is 1. The van der Waals surface area contributed by atoms with E-state index in [1.807, 2.05) is 68.4 Å². The van der Waals surface area contributed by atoms with Crippen LogP contribution in [0.4, 0.5) is 9.18 Å². The molecule has 8 heteroatoms. The second-order valence-electron chi connectivity index (χ2n) is 8.39. The summed E-state index contributed by atoms with van der Waals surface area (Å²) in [7, 11) is 0. The number of amides is 2. The van der Waals surface area contributed by atoms with Gasteiger partial charge in [0.1, 0.15) is 11.6 Å². The van der Waals surface area contributed by atoms with Gasteiger partial charge in [-0.15, -0.1) is 0 Å². The van der Waals surface area contributed by atoms with Crippen LogP contribution in [-0.4, -0.2) is 27.7 Å². The maximum atomic E-state index is 13.6. The summed E-state index contributed by atoms with van der Waals surface area (Å²) in [5.41, 5.74) is 3.79. The van der Waals surface area contributed by atoms with Crippen molar-refractivity contribution in [1.82, 2.24) is 20.4 Å². The summed E-state index contributed by atoms with van der Waals surface area (Å²) < 4.78 is 24.9. The van der Waals surface area contributed by atoms with Gasteiger partial charge in [0.15, 0.2) is 0 Å². The third kappa shape index (κ3) is 4.70. The maximum absolute atomic E-state index is 13.6. The van der Waals surface area contributed by atoms with Crippen LogP contribution in [0.2, 0.25) is 0 Å². The summed E-state index contributed by atoms with van der Waals surface area (Å²) in [4.78, 5) is 19.5. The molecule has 1 N–H and O–H groups in total. The van der Waals surface area contributed by atoms with Gasteiger partial charge in [0.05, 0.1) is 24.8 Å². The zero-order chi connectivity index (χ0) is 25.1. The highest BCUT2D eigenvalue weighted by atomic mass is 19.1. The first-order valence-corrected chi connectivity index (χ1v) is 11.7. The van der Waals surface area contributed by atoms with Gasteiger partial charge in [0.2, 0.25) is 5.82 Å². The average Bonchev–Trinajstić information content (AvgIpc) is 3.38. The van der Waals surface area contributed by atoms with Crippen LogP contribution in [0.1, 0.15) is 36.9 Å². The molecular weight excluding hydrogens is 459 g/mol. The number of hydrogen-bond donors (Lipinski definition) is 1. The summed E-state index contributed by atoms with van der Waals surface area (Å²) in [6.07, 6.45) is 0. The van der Waals surface area contributed by atoms with Crippen molar-refractivity contribution in [3.63, 3.8) is 0 Å². The normalized spacial score (nSPS) is 15.7. The summed E-state index contributed by atoms with van der Waals surface area (Å²) >= 11 is 0. The molecular formula is C28H25FN4O3. The van der Waals surface area contributed by atoms with Crippen molar-refractivity contribution in [3.05, 3.63) is 107 Å². The van der Waals surface area contributed by atoms with Crippen LogP contribution in [0.5, 0.6) is 5.75 Å². The first-order chi connectivity index (χ1) is 17.5. The Morgan fingerprint density at radius 2 is 1.75 bits per heavy atom. The Kier molecular flexibility index (Phi) is 6.49. The number of halogens is 1. The highest BCUT2D eigenvalue weighted by molar-refractivity contribution is 5.86. The first-order valence-electron chi connectivity index (χ1n) is 11.7. The molecule has 0 radical (unpaired) electrons. The molecule has 182 valence electrons. The van der Waals surface area contributed by atoms with E-state index in [-0.39, 0.29) is 17.7 Å². The Hall–Kier alpha value is -4.46. The Morgan fingerprint density at radius 1 is 1.03 bits per heavy atom. The molecule has 1 aromatic heterocycles. The van der Waals surface area contributed by atoms with Crippen LogP contribution in [0.3, 0.4) is 0 Å². The summed E-state index contributed by atoms with van der Waals surface area (Å²) in [5.74, 6) is 1.09. The zero-order valence-electron chi connectivity index (χ0n) is 19.9. The highest BCUT2D eigenvalue weighted by Crippen LogP contribution is 2.38. The maximum Gasteiger partial charge on any atom is 0.322 e. The van der Waals surface area contributed by atoms with Gasteiger partial charge >= 0.3 is 6.03 Å². The fourth-order valence-corrected chi connectivity index (χ4v) is 4.24. The number of carbonyl (C=O) groups is 1. The topological polar surface area (TPSA) is 80.5 Å². The van der Waals surface area contributed by atoms with E-state index in [1.165, 1.54) is 12.1 Å². The van der Waals surface area contributed by atoms with Crippen LogP contribution >= 0.6 is 0 Å². The van der Waals surface area contributed by atoms with Crippen molar-refractivity contribution in [2.24, 2.45) is 0 Å². The van der Waals surface area contributed by atoms with Crippen LogP contribution in [0, 0.1) is 5.82 Å². The molecule has 36 heavy (non-hydrogen) atoms. The monoisotopic (exact) mass is 484 g/mol. The van der Waals surface area contributed by atoms with Gasteiger partial charge < -0.3 is 14.6 Å². The Labute approximate surface area is 208 Å². The Bertz CT molecular complexity index is 1380. The number of nitrogens with one attached hydrogen (secondary N) is 1. The fourth-order valence-electron chi connectivity index (χ4n) is 4.24. The van der Waals surface area contributed by atoms with Gasteiger partial charge in [-0.05, 0) is 61.4 Å². The molecule has 0 aliphatic carbocycles. The minimum atomic E-state index is -0.584. The average molecular weight is 485 g/mol. The lowest BCUT2D eigenvalue weighted by atomic mass is 9.94. The second-order valence-corrected chi connectivity index (χ2v) is 8.39. The van der Waals surface area contributed by atoms with E-state index in [0.29, 0.717) is 35.8 Å². The van der Waals surface area contributed by atoms with E-state index in [4.69, 9.17) is 9.26 Å². The number of benzene rings is 3. The number of allylic oxidation sites excluding steroid dienone is 1. The van der Waals surface area contributed by atoms with Crippen molar-refractivity contribution < 1.29 is 18.4 Å². The van der Waals surface area contributed by atoms with Crippen LogP contribution < -0.4 is 10.1 Å². The smallest absolute Gasteiger partial charge is 0.322 e. The number of nitrogens with zero attached hydrogens (tertiary/aromatic N) is 3. The standard InChI is InChI=1S/C28H25FN4O3/c1-3-35-23-15-11-21(12-16-23)26-31-27(36-32-26)24-18(2)33(17-19-7-5-4-6-8-19)28(34)30-25(24)20-9-13-22(29)14-10-20/h4-16,25H,3,17H2,1-2H3,(H,30,34). The first kappa shape index (κ1) is 23.3. The number of aromatic nitrogens is 2. The molecule has 7 nitrogen and oxygen atoms in total. The molecule has 0 fully saturated rings. The third-order valence-corrected chi connectivity index (χ3v) is 6.06. The lowest BCUT2D eigenvalue weighted by Crippen LogP contribution is -2.45. The molecule has 1 aliphatic rings. The number of ether oxygens (including phenoxy) is 1. The summed E-state index contributed by atoms with van der Waals surface area (Å²) in [6.45, 7) is 4.73. The zero-order valence-corrected chi connectivity index (χ0v) is 19.9. The lowest BCUT2D eigenvalue weighted by Gasteiger charge is -2.35. The molecule has 1 atom stereocenters. The minimum absolute atomic E-state index is 0.263. The molecule has 5 rings (SSSR count). The van der Waals surface area contributed by atoms with Gasteiger partial charge in [-0.3, -0.25) is 4.90 Å². The second kappa shape index (κ2) is 10.0. The fraction of sp³-hybridized carbons (Fsp3) is 0.179. The van der Waals surface area contributed by atoms with Gasteiger partial charge in [-0.25, -0.2) is 9.18 Å². The summed E-state index contributed by atoms with van der Waals surface area (Å²) in [5, 5.41) is 7.22. The Morgan fingerprint density at radius 3 is 2.44 bits per heavy atom. The molecule has 0 bridgehead atoms.